The van der Waals surface area contributed by atoms with Crippen molar-refractivity contribution in [3.05, 3.63) is 47.0 Å². The Morgan fingerprint density at radius 2 is 1.96 bits per heavy atom. The zero-order chi connectivity index (χ0) is 16.4. The quantitative estimate of drug-likeness (QED) is 0.901. The highest BCUT2D eigenvalue weighted by atomic mass is 35.5. The highest BCUT2D eigenvalue weighted by Crippen LogP contribution is 2.36. The normalized spacial score (nSPS) is 15.5. The minimum absolute atomic E-state index is 0.135. The third-order valence-electron chi connectivity index (χ3n) is 3.82. The van der Waals surface area contributed by atoms with E-state index in [4.69, 9.17) is 21.1 Å². The largest absolute Gasteiger partial charge is 0.495 e. The first-order chi connectivity index (χ1) is 11.1. The Balaban J connectivity index is 1.79. The number of methoxy groups -OCH3 is 2. The fourth-order valence-corrected chi connectivity index (χ4v) is 2.86. The molecule has 2 aromatic rings. The molecule has 23 heavy (non-hydrogen) atoms. The summed E-state index contributed by atoms with van der Waals surface area (Å²) in [7, 11) is 3.05. The van der Waals surface area contributed by atoms with Crippen molar-refractivity contribution in [1.82, 2.24) is 0 Å². The van der Waals surface area contributed by atoms with Gasteiger partial charge in [-0.3, -0.25) is 4.79 Å². The summed E-state index contributed by atoms with van der Waals surface area (Å²) >= 11 is 6.07. The van der Waals surface area contributed by atoms with Gasteiger partial charge in [0, 0.05) is 24.2 Å². The standard InChI is InChI=1S/C17H17ClN2O3/c1-22-15-9-13(16(23-2)8-11(15)18)20-17(21)14-7-10-5-3-4-6-12(10)19-14/h3-6,8-9,14,19H,7H2,1-2H3,(H,20,21). The molecule has 0 radical (unpaired) electrons. The maximum atomic E-state index is 12.5. The minimum Gasteiger partial charge on any atom is -0.495 e. The predicted octanol–water partition coefficient (Wildman–Crippen LogP) is 3.33. The molecule has 0 aromatic heterocycles. The first kappa shape index (κ1) is 15.5. The second-order valence-electron chi connectivity index (χ2n) is 5.23. The van der Waals surface area contributed by atoms with Gasteiger partial charge in [0.15, 0.2) is 0 Å². The smallest absolute Gasteiger partial charge is 0.247 e. The van der Waals surface area contributed by atoms with Crippen LogP contribution in [0, 0.1) is 0 Å². The van der Waals surface area contributed by atoms with E-state index in [0.717, 1.165) is 11.3 Å². The molecule has 2 aromatic carbocycles. The van der Waals surface area contributed by atoms with Gasteiger partial charge in [-0.05, 0) is 11.6 Å². The molecule has 0 bridgehead atoms. The lowest BCUT2D eigenvalue weighted by Gasteiger charge is -2.16. The summed E-state index contributed by atoms with van der Waals surface area (Å²) in [5.74, 6) is 0.828. The van der Waals surface area contributed by atoms with Gasteiger partial charge in [-0.25, -0.2) is 0 Å². The number of anilines is 2. The number of carbonyl (C=O) groups is 1. The first-order valence-electron chi connectivity index (χ1n) is 7.19. The second kappa shape index (κ2) is 6.38. The summed E-state index contributed by atoms with van der Waals surface area (Å²) in [6.07, 6.45) is 0.648. The maximum absolute atomic E-state index is 12.5. The summed E-state index contributed by atoms with van der Waals surface area (Å²) in [5.41, 5.74) is 2.65. The molecular weight excluding hydrogens is 316 g/mol. The number of fused-ring (bicyclic) bond motifs is 1. The van der Waals surface area contributed by atoms with E-state index in [9.17, 15) is 4.79 Å². The summed E-state index contributed by atoms with van der Waals surface area (Å²) < 4.78 is 10.5. The van der Waals surface area contributed by atoms with Gasteiger partial charge in [0.1, 0.15) is 17.5 Å². The molecule has 0 saturated carbocycles. The van der Waals surface area contributed by atoms with Gasteiger partial charge >= 0.3 is 0 Å². The van der Waals surface area contributed by atoms with Crippen LogP contribution in [0.15, 0.2) is 36.4 Å². The number of carbonyl (C=O) groups excluding carboxylic acids is 1. The Morgan fingerprint density at radius 1 is 1.22 bits per heavy atom. The van der Waals surface area contributed by atoms with Crippen molar-refractivity contribution in [2.75, 3.05) is 24.9 Å². The fraction of sp³-hybridized carbons (Fsp3) is 0.235. The lowest BCUT2D eigenvalue weighted by molar-refractivity contribution is -0.116. The monoisotopic (exact) mass is 332 g/mol. The van der Waals surface area contributed by atoms with Crippen molar-refractivity contribution < 1.29 is 14.3 Å². The van der Waals surface area contributed by atoms with Crippen molar-refractivity contribution in [1.29, 1.82) is 0 Å². The number of nitrogens with one attached hydrogen (secondary N) is 2. The van der Waals surface area contributed by atoms with Gasteiger partial charge in [-0.15, -0.1) is 0 Å². The van der Waals surface area contributed by atoms with Crippen molar-refractivity contribution in [2.24, 2.45) is 0 Å². The molecule has 1 heterocycles. The Labute approximate surface area is 139 Å². The summed E-state index contributed by atoms with van der Waals surface area (Å²) in [6.45, 7) is 0. The molecule has 2 N–H and O–H groups in total. The number of amides is 1. The number of halogens is 1. The van der Waals surface area contributed by atoms with Crippen LogP contribution in [-0.2, 0) is 11.2 Å². The zero-order valence-electron chi connectivity index (χ0n) is 12.9. The van der Waals surface area contributed by atoms with Crippen LogP contribution in [0.25, 0.3) is 0 Å². The third kappa shape index (κ3) is 3.05. The summed E-state index contributed by atoms with van der Waals surface area (Å²) in [6, 6.07) is 10.8. The van der Waals surface area contributed by atoms with Gasteiger partial charge in [0.25, 0.3) is 0 Å². The highest BCUT2D eigenvalue weighted by Gasteiger charge is 2.27. The van der Waals surface area contributed by atoms with Crippen LogP contribution in [-0.4, -0.2) is 26.2 Å². The van der Waals surface area contributed by atoms with Gasteiger partial charge < -0.3 is 20.1 Å². The first-order valence-corrected chi connectivity index (χ1v) is 7.57. The van der Waals surface area contributed by atoms with Gasteiger partial charge in [-0.1, -0.05) is 29.8 Å². The molecule has 1 aliphatic rings. The zero-order valence-corrected chi connectivity index (χ0v) is 13.6. The molecule has 0 aliphatic carbocycles. The molecule has 5 nitrogen and oxygen atoms in total. The molecule has 0 fully saturated rings. The van der Waals surface area contributed by atoms with Crippen molar-refractivity contribution in [2.45, 2.75) is 12.5 Å². The van der Waals surface area contributed by atoms with Gasteiger partial charge in [0.05, 0.1) is 24.9 Å². The lowest BCUT2D eigenvalue weighted by Crippen LogP contribution is -2.32. The number of hydrogen-bond acceptors (Lipinski definition) is 4. The Kier molecular flexibility index (Phi) is 4.30. The van der Waals surface area contributed by atoms with E-state index in [2.05, 4.69) is 10.6 Å². The predicted molar refractivity (Wildman–Crippen MR) is 90.7 cm³/mol. The Bertz CT molecular complexity index is 724. The lowest BCUT2D eigenvalue weighted by atomic mass is 10.1. The minimum atomic E-state index is -0.321. The van der Waals surface area contributed by atoms with Crippen LogP contribution >= 0.6 is 11.6 Å². The number of rotatable bonds is 4. The van der Waals surface area contributed by atoms with E-state index in [1.165, 1.54) is 14.2 Å². The van der Waals surface area contributed by atoms with E-state index < -0.39 is 0 Å². The molecule has 1 atom stereocenters. The van der Waals surface area contributed by atoms with E-state index in [0.29, 0.717) is 28.6 Å². The van der Waals surface area contributed by atoms with Crippen molar-refractivity contribution in [3.63, 3.8) is 0 Å². The molecule has 0 spiro atoms. The van der Waals surface area contributed by atoms with E-state index in [1.54, 1.807) is 12.1 Å². The van der Waals surface area contributed by atoms with Crippen molar-refractivity contribution >= 4 is 28.9 Å². The van der Waals surface area contributed by atoms with E-state index in [1.807, 2.05) is 24.3 Å². The molecule has 1 unspecified atom stereocenters. The maximum Gasteiger partial charge on any atom is 0.247 e. The average molecular weight is 333 g/mol. The third-order valence-corrected chi connectivity index (χ3v) is 4.11. The summed E-state index contributed by atoms with van der Waals surface area (Å²) in [5, 5.41) is 6.52. The van der Waals surface area contributed by atoms with Gasteiger partial charge in [0.2, 0.25) is 5.91 Å². The van der Waals surface area contributed by atoms with Crippen LogP contribution in [0.2, 0.25) is 5.02 Å². The summed E-state index contributed by atoms with van der Waals surface area (Å²) in [4.78, 5) is 12.5. The van der Waals surface area contributed by atoms with Gasteiger partial charge in [-0.2, -0.15) is 0 Å². The number of ether oxygens (including phenoxy) is 2. The second-order valence-corrected chi connectivity index (χ2v) is 5.64. The SMILES string of the molecule is COc1cc(NC(=O)C2Cc3ccccc3N2)c(OC)cc1Cl. The van der Waals surface area contributed by atoms with Crippen LogP contribution < -0.4 is 20.1 Å². The topological polar surface area (TPSA) is 59.6 Å². The molecule has 6 heteroatoms. The number of para-hydroxylation sites is 1. The molecular formula is C17H17ClN2O3. The molecule has 3 rings (SSSR count). The Hall–Kier alpha value is -2.40. The van der Waals surface area contributed by atoms with Crippen LogP contribution in [0.1, 0.15) is 5.56 Å². The van der Waals surface area contributed by atoms with Crippen LogP contribution in [0.4, 0.5) is 11.4 Å². The number of hydrogen-bond donors (Lipinski definition) is 2. The average Bonchev–Trinajstić information content (AvgIpc) is 3.00. The van der Waals surface area contributed by atoms with E-state index >= 15 is 0 Å². The van der Waals surface area contributed by atoms with Crippen LogP contribution in [0.3, 0.4) is 0 Å². The number of benzene rings is 2. The van der Waals surface area contributed by atoms with Crippen molar-refractivity contribution in [3.8, 4) is 11.5 Å². The molecule has 1 amide bonds. The molecule has 120 valence electrons. The Morgan fingerprint density at radius 3 is 2.65 bits per heavy atom. The highest BCUT2D eigenvalue weighted by molar-refractivity contribution is 6.32. The molecule has 1 aliphatic heterocycles. The van der Waals surface area contributed by atoms with Crippen LogP contribution in [0.5, 0.6) is 11.5 Å². The van der Waals surface area contributed by atoms with E-state index in [-0.39, 0.29) is 11.9 Å². The molecule has 0 saturated heterocycles. The fourth-order valence-electron chi connectivity index (χ4n) is 2.63.